The molecule has 1 heterocycles. The summed E-state index contributed by atoms with van der Waals surface area (Å²) in [7, 11) is 0. The Labute approximate surface area is 156 Å². The molecule has 2 aromatic rings. The number of aromatic amines is 1. The van der Waals surface area contributed by atoms with Crippen LogP contribution in [0.5, 0.6) is 0 Å². The van der Waals surface area contributed by atoms with Gasteiger partial charge in [-0.1, -0.05) is 38.1 Å². The number of aliphatic hydroxyl groups excluding tert-OH is 1. The summed E-state index contributed by atoms with van der Waals surface area (Å²) in [5.41, 5.74) is 3.63. The van der Waals surface area contributed by atoms with Gasteiger partial charge in [0.25, 0.3) is 0 Å². The van der Waals surface area contributed by atoms with Crippen LogP contribution in [0.3, 0.4) is 0 Å². The van der Waals surface area contributed by atoms with Crippen LogP contribution in [-0.4, -0.2) is 26.8 Å². The van der Waals surface area contributed by atoms with E-state index in [2.05, 4.69) is 21.9 Å². The van der Waals surface area contributed by atoms with E-state index in [1.807, 2.05) is 65.8 Å². The molecule has 0 aliphatic carbocycles. The average molecular weight is 357 g/mol. The van der Waals surface area contributed by atoms with Crippen LogP contribution in [0.4, 0.5) is 0 Å². The minimum Gasteiger partial charge on any atom is -0.474 e. The number of nitrogens with one attached hydrogen (secondary N) is 2. The quantitative estimate of drug-likeness (QED) is 0.646. The van der Waals surface area contributed by atoms with Gasteiger partial charge >= 0.3 is 0 Å². The van der Waals surface area contributed by atoms with E-state index in [1.54, 1.807) is 6.33 Å². The lowest BCUT2D eigenvalue weighted by atomic mass is 9.93. The van der Waals surface area contributed by atoms with Gasteiger partial charge in [0.1, 0.15) is 5.60 Å². The number of rotatable bonds is 7. The van der Waals surface area contributed by atoms with E-state index in [-0.39, 0.29) is 17.6 Å². The number of benzene rings is 1. The smallest absolute Gasteiger partial charge is 0.180 e. The van der Waals surface area contributed by atoms with Gasteiger partial charge in [0.05, 0.1) is 24.2 Å². The van der Waals surface area contributed by atoms with E-state index in [9.17, 15) is 5.11 Å². The summed E-state index contributed by atoms with van der Waals surface area (Å²) < 4.78 is 5.79. The molecular formula is C21H31N3O2. The van der Waals surface area contributed by atoms with Crippen LogP contribution in [0.25, 0.3) is 11.3 Å². The van der Waals surface area contributed by atoms with Gasteiger partial charge in [-0.15, -0.1) is 0 Å². The van der Waals surface area contributed by atoms with E-state index in [4.69, 9.17) is 4.74 Å². The molecule has 0 aliphatic heterocycles. The number of nitrogens with zero attached hydrogens (tertiary/aromatic N) is 1. The molecule has 0 saturated carbocycles. The summed E-state index contributed by atoms with van der Waals surface area (Å²) in [6.45, 7) is 15.8. The van der Waals surface area contributed by atoms with E-state index in [1.165, 1.54) is 0 Å². The fourth-order valence-electron chi connectivity index (χ4n) is 2.82. The summed E-state index contributed by atoms with van der Waals surface area (Å²) in [6.07, 6.45) is 1.12. The number of hydrogen-bond acceptors (Lipinski definition) is 4. The first-order valence-electron chi connectivity index (χ1n) is 9.01. The normalized spacial score (nSPS) is 14.2. The van der Waals surface area contributed by atoms with Crippen molar-refractivity contribution in [3.63, 3.8) is 0 Å². The molecule has 5 nitrogen and oxygen atoms in total. The second-order valence-electron chi connectivity index (χ2n) is 7.99. The number of aliphatic hydroxyl groups is 1. The molecule has 3 N–H and O–H groups in total. The van der Waals surface area contributed by atoms with Gasteiger partial charge < -0.3 is 20.1 Å². The van der Waals surface area contributed by atoms with E-state index < -0.39 is 6.10 Å². The number of ether oxygens (including phenoxy) is 1. The van der Waals surface area contributed by atoms with Crippen molar-refractivity contribution in [1.82, 2.24) is 15.3 Å². The van der Waals surface area contributed by atoms with Crippen LogP contribution in [0.2, 0.25) is 0 Å². The van der Waals surface area contributed by atoms with E-state index in [0.717, 1.165) is 22.5 Å². The topological polar surface area (TPSA) is 70.2 Å². The van der Waals surface area contributed by atoms with Gasteiger partial charge in [0.2, 0.25) is 0 Å². The zero-order chi connectivity index (χ0) is 19.5. The molecule has 2 atom stereocenters. The standard InChI is InChI=1S/C21H31N3O2/c1-13(2)20(25)19(24-15(4)26-21(5,6)7)17-10-8-16(9-11-17)18-14(3)22-12-23-18/h8-13,19-20,24-25H,4H2,1-3,5-7H3,(H,22,23)/t19?,20-/m1/s1. The van der Waals surface area contributed by atoms with Gasteiger partial charge in [-0.25, -0.2) is 4.98 Å². The summed E-state index contributed by atoms with van der Waals surface area (Å²) in [5, 5.41) is 14.0. The van der Waals surface area contributed by atoms with Crippen molar-refractivity contribution in [3.8, 4) is 11.3 Å². The summed E-state index contributed by atoms with van der Waals surface area (Å²) in [5.74, 6) is 0.539. The molecule has 0 aliphatic rings. The molecule has 1 unspecified atom stereocenters. The van der Waals surface area contributed by atoms with Crippen LogP contribution in [0.15, 0.2) is 43.1 Å². The number of aromatic nitrogens is 2. The predicted molar refractivity (Wildman–Crippen MR) is 105 cm³/mol. The second-order valence-corrected chi connectivity index (χ2v) is 7.99. The van der Waals surface area contributed by atoms with Gasteiger partial charge in [-0.2, -0.15) is 0 Å². The number of imidazole rings is 1. The highest BCUT2D eigenvalue weighted by atomic mass is 16.5. The van der Waals surface area contributed by atoms with E-state index >= 15 is 0 Å². The second kappa shape index (κ2) is 7.96. The Morgan fingerprint density at radius 1 is 1.23 bits per heavy atom. The van der Waals surface area contributed by atoms with Crippen LogP contribution < -0.4 is 5.32 Å². The van der Waals surface area contributed by atoms with Crippen molar-refractivity contribution in [2.45, 2.75) is 59.3 Å². The first kappa shape index (κ1) is 20.0. The Morgan fingerprint density at radius 2 is 1.85 bits per heavy atom. The summed E-state index contributed by atoms with van der Waals surface area (Å²) >= 11 is 0. The molecule has 2 rings (SSSR count). The maximum absolute atomic E-state index is 10.7. The van der Waals surface area contributed by atoms with Crippen molar-refractivity contribution in [3.05, 3.63) is 54.3 Å². The lowest BCUT2D eigenvalue weighted by molar-refractivity contribution is 0.0221. The van der Waals surface area contributed by atoms with Crippen molar-refractivity contribution in [1.29, 1.82) is 0 Å². The molecule has 142 valence electrons. The van der Waals surface area contributed by atoms with Crippen molar-refractivity contribution < 1.29 is 9.84 Å². The number of hydrogen-bond donors (Lipinski definition) is 3. The third kappa shape index (κ3) is 5.11. The molecule has 0 spiro atoms. The molecule has 0 bridgehead atoms. The summed E-state index contributed by atoms with van der Waals surface area (Å²) in [6, 6.07) is 7.76. The minimum absolute atomic E-state index is 0.0863. The van der Waals surface area contributed by atoms with Crippen LogP contribution in [-0.2, 0) is 4.74 Å². The molecule has 26 heavy (non-hydrogen) atoms. The highest BCUT2D eigenvalue weighted by molar-refractivity contribution is 5.61. The SMILES string of the molecule is C=C(NC(c1ccc(-c2nc[nH]c2C)cc1)[C@H](O)C(C)C)OC(C)(C)C. The van der Waals surface area contributed by atoms with Gasteiger partial charge in [0, 0.05) is 11.3 Å². The molecule has 0 saturated heterocycles. The third-order valence-electron chi connectivity index (χ3n) is 4.14. The van der Waals surface area contributed by atoms with Crippen LogP contribution >= 0.6 is 0 Å². The molecule has 1 aromatic heterocycles. The zero-order valence-corrected chi connectivity index (χ0v) is 16.6. The Morgan fingerprint density at radius 3 is 2.31 bits per heavy atom. The molecule has 0 amide bonds. The van der Waals surface area contributed by atoms with Gasteiger partial charge in [-0.05, 0) is 45.8 Å². The largest absolute Gasteiger partial charge is 0.474 e. The Balaban J connectivity index is 2.25. The maximum atomic E-state index is 10.7. The Kier molecular flexibility index (Phi) is 6.13. The van der Waals surface area contributed by atoms with Crippen molar-refractivity contribution in [2.75, 3.05) is 0 Å². The average Bonchev–Trinajstić information content (AvgIpc) is 2.96. The fraction of sp³-hybridized carbons (Fsp3) is 0.476. The van der Waals surface area contributed by atoms with Gasteiger partial charge in [-0.3, -0.25) is 0 Å². The Bertz CT molecular complexity index is 726. The minimum atomic E-state index is -0.576. The highest BCUT2D eigenvalue weighted by Gasteiger charge is 2.26. The Hall–Kier alpha value is -2.27. The lowest BCUT2D eigenvalue weighted by Gasteiger charge is -2.31. The highest BCUT2D eigenvalue weighted by Crippen LogP contribution is 2.27. The number of H-pyrrole nitrogens is 1. The van der Waals surface area contributed by atoms with Crippen molar-refractivity contribution >= 4 is 0 Å². The number of aryl methyl sites for hydroxylation is 1. The monoisotopic (exact) mass is 357 g/mol. The first-order chi connectivity index (χ1) is 12.1. The molecular weight excluding hydrogens is 326 g/mol. The lowest BCUT2D eigenvalue weighted by Crippen LogP contribution is -2.36. The molecule has 1 aromatic carbocycles. The zero-order valence-electron chi connectivity index (χ0n) is 16.6. The van der Waals surface area contributed by atoms with E-state index in [0.29, 0.717) is 5.88 Å². The third-order valence-corrected chi connectivity index (χ3v) is 4.14. The van der Waals surface area contributed by atoms with Gasteiger partial charge in [0.15, 0.2) is 5.88 Å². The maximum Gasteiger partial charge on any atom is 0.180 e. The van der Waals surface area contributed by atoms with Crippen molar-refractivity contribution in [2.24, 2.45) is 5.92 Å². The first-order valence-corrected chi connectivity index (χ1v) is 9.01. The van der Waals surface area contributed by atoms with Crippen LogP contribution in [0, 0.1) is 12.8 Å². The summed E-state index contributed by atoms with van der Waals surface area (Å²) in [4.78, 5) is 7.45. The molecule has 0 fully saturated rings. The van der Waals surface area contributed by atoms with Crippen LogP contribution in [0.1, 0.15) is 51.9 Å². The molecule has 5 heteroatoms. The molecule has 0 radical (unpaired) electrons. The fourth-order valence-corrected chi connectivity index (χ4v) is 2.82. The predicted octanol–water partition coefficient (Wildman–Crippen LogP) is 4.32.